The van der Waals surface area contributed by atoms with Crippen molar-refractivity contribution in [2.45, 2.75) is 30.8 Å². The van der Waals surface area contributed by atoms with Crippen LogP contribution < -0.4 is 5.32 Å². The van der Waals surface area contributed by atoms with E-state index in [0.29, 0.717) is 25.6 Å². The molecule has 1 aliphatic heterocycles. The first-order valence-corrected chi connectivity index (χ1v) is 8.12. The highest BCUT2D eigenvalue weighted by Gasteiger charge is 2.26. The lowest BCUT2D eigenvalue weighted by atomic mass is 10.2. The van der Waals surface area contributed by atoms with E-state index in [4.69, 9.17) is 4.74 Å². The molecule has 1 N–H and O–H groups in total. The molecule has 0 radical (unpaired) electrons. The Morgan fingerprint density at radius 3 is 2.70 bits per heavy atom. The smallest absolute Gasteiger partial charge is 0.245 e. The van der Waals surface area contributed by atoms with Gasteiger partial charge in [0, 0.05) is 26.7 Å². The Kier molecular flexibility index (Phi) is 4.90. The van der Waals surface area contributed by atoms with Gasteiger partial charge >= 0.3 is 0 Å². The predicted octanol–water partition coefficient (Wildman–Crippen LogP) is 0.708. The highest BCUT2D eigenvalue weighted by molar-refractivity contribution is 7.89. The van der Waals surface area contributed by atoms with E-state index in [1.165, 1.54) is 16.7 Å². The van der Waals surface area contributed by atoms with Crippen molar-refractivity contribution in [3.05, 3.63) is 12.4 Å². The Morgan fingerprint density at radius 1 is 1.45 bits per heavy atom. The third-order valence-electron chi connectivity index (χ3n) is 3.16. The zero-order chi connectivity index (χ0) is 14.6. The Morgan fingerprint density at radius 2 is 2.15 bits per heavy atom. The van der Waals surface area contributed by atoms with E-state index >= 15 is 0 Å². The molecule has 1 fully saturated rings. The van der Waals surface area contributed by atoms with Crippen molar-refractivity contribution in [2.75, 3.05) is 32.1 Å². The first kappa shape index (κ1) is 15.1. The maximum Gasteiger partial charge on any atom is 0.245 e. The quantitative estimate of drug-likeness (QED) is 0.833. The molecule has 0 amide bonds. The Hall–Kier alpha value is -1.25. The minimum absolute atomic E-state index is 0.0169. The molecular weight excluding hydrogens is 280 g/mol. The van der Waals surface area contributed by atoms with Crippen molar-refractivity contribution in [3.8, 4) is 0 Å². The van der Waals surface area contributed by atoms with Gasteiger partial charge in [0.2, 0.25) is 16.0 Å². The first-order chi connectivity index (χ1) is 9.54. The minimum Gasteiger partial charge on any atom is -0.377 e. The number of rotatable bonds is 6. The standard InChI is InChI=1S/C12H20N4O3S/c1-3-13-12-14-7-11(8-15-12)20(17,18)16(2)9-10-5-4-6-19-10/h7-8,10H,3-6,9H2,1-2H3,(H,13,14,15). The zero-order valence-electron chi connectivity index (χ0n) is 11.7. The van der Waals surface area contributed by atoms with Gasteiger partial charge in [0.05, 0.1) is 18.5 Å². The summed E-state index contributed by atoms with van der Waals surface area (Å²) >= 11 is 0. The number of ether oxygens (including phenoxy) is 1. The molecule has 7 nitrogen and oxygen atoms in total. The van der Waals surface area contributed by atoms with Crippen LogP contribution in [-0.2, 0) is 14.8 Å². The summed E-state index contributed by atoms with van der Waals surface area (Å²) in [5.41, 5.74) is 0. The largest absolute Gasteiger partial charge is 0.377 e. The Labute approximate surface area is 119 Å². The van der Waals surface area contributed by atoms with Gasteiger partial charge in [-0.25, -0.2) is 18.4 Å². The highest BCUT2D eigenvalue weighted by atomic mass is 32.2. The molecule has 0 aliphatic carbocycles. The van der Waals surface area contributed by atoms with E-state index in [9.17, 15) is 8.42 Å². The van der Waals surface area contributed by atoms with E-state index < -0.39 is 10.0 Å². The van der Waals surface area contributed by atoms with Gasteiger partial charge in [0.1, 0.15) is 4.90 Å². The van der Waals surface area contributed by atoms with Crippen LogP contribution in [0.5, 0.6) is 0 Å². The van der Waals surface area contributed by atoms with Gasteiger partial charge in [0.25, 0.3) is 0 Å². The van der Waals surface area contributed by atoms with E-state index in [2.05, 4.69) is 15.3 Å². The summed E-state index contributed by atoms with van der Waals surface area (Å²) in [5, 5.41) is 2.92. The molecule has 20 heavy (non-hydrogen) atoms. The normalized spacial score (nSPS) is 19.4. The lowest BCUT2D eigenvalue weighted by molar-refractivity contribution is 0.0979. The molecular formula is C12H20N4O3S. The predicted molar refractivity (Wildman–Crippen MR) is 75.0 cm³/mol. The summed E-state index contributed by atoms with van der Waals surface area (Å²) in [6, 6.07) is 0. The van der Waals surface area contributed by atoms with Gasteiger partial charge in [-0.15, -0.1) is 0 Å². The Balaban J connectivity index is 2.07. The van der Waals surface area contributed by atoms with Crippen LogP contribution in [0.3, 0.4) is 0 Å². The number of hydrogen-bond acceptors (Lipinski definition) is 6. The van der Waals surface area contributed by atoms with E-state index in [1.807, 2.05) is 6.92 Å². The number of anilines is 1. The van der Waals surface area contributed by atoms with Crippen LogP contribution in [0, 0.1) is 0 Å². The summed E-state index contributed by atoms with van der Waals surface area (Å²) in [6.45, 7) is 3.67. The molecule has 1 unspecified atom stereocenters. The summed E-state index contributed by atoms with van der Waals surface area (Å²) in [5.74, 6) is 0.424. The summed E-state index contributed by atoms with van der Waals surface area (Å²) in [4.78, 5) is 8.08. The third-order valence-corrected chi connectivity index (χ3v) is 4.93. The van der Waals surface area contributed by atoms with Crippen LogP contribution in [-0.4, -0.2) is 55.5 Å². The molecule has 1 atom stereocenters. The summed E-state index contributed by atoms with van der Waals surface area (Å²) < 4.78 is 31.5. The van der Waals surface area contributed by atoms with Crippen molar-refractivity contribution >= 4 is 16.0 Å². The number of sulfonamides is 1. The molecule has 0 saturated carbocycles. The number of likely N-dealkylation sites (N-methyl/N-ethyl adjacent to an activating group) is 1. The number of nitrogens with one attached hydrogen (secondary N) is 1. The van der Waals surface area contributed by atoms with E-state index in [0.717, 1.165) is 12.8 Å². The number of nitrogens with zero attached hydrogens (tertiary/aromatic N) is 3. The number of aromatic nitrogens is 2. The van der Waals surface area contributed by atoms with Crippen molar-refractivity contribution in [1.82, 2.24) is 14.3 Å². The molecule has 2 rings (SSSR count). The average Bonchev–Trinajstić information content (AvgIpc) is 2.92. The van der Waals surface area contributed by atoms with Crippen LogP contribution >= 0.6 is 0 Å². The van der Waals surface area contributed by atoms with Crippen molar-refractivity contribution < 1.29 is 13.2 Å². The molecule has 1 aromatic rings. The fourth-order valence-electron chi connectivity index (χ4n) is 2.05. The zero-order valence-corrected chi connectivity index (χ0v) is 12.6. The molecule has 1 aromatic heterocycles. The molecule has 8 heteroatoms. The monoisotopic (exact) mass is 300 g/mol. The maximum absolute atomic E-state index is 12.4. The van der Waals surface area contributed by atoms with Gasteiger partial charge < -0.3 is 10.1 Å². The van der Waals surface area contributed by atoms with Gasteiger partial charge in [-0.05, 0) is 19.8 Å². The second-order valence-electron chi connectivity index (χ2n) is 4.69. The number of hydrogen-bond donors (Lipinski definition) is 1. The van der Waals surface area contributed by atoms with Crippen molar-refractivity contribution in [2.24, 2.45) is 0 Å². The van der Waals surface area contributed by atoms with E-state index in [-0.39, 0.29) is 11.0 Å². The molecule has 0 spiro atoms. The second kappa shape index (κ2) is 6.47. The first-order valence-electron chi connectivity index (χ1n) is 6.68. The lowest BCUT2D eigenvalue weighted by Crippen LogP contribution is -2.34. The van der Waals surface area contributed by atoms with Crippen LogP contribution in [0.4, 0.5) is 5.95 Å². The highest BCUT2D eigenvalue weighted by Crippen LogP contribution is 2.18. The minimum atomic E-state index is -3.56. The molecule has 1 aliphatic rings. The summed E-state index contributed by atoms with van der Waals surface area (Å²) in [7, 11) is -2.01. The molecule has 0 bridgehead atoms. The van der Waals surface area contributed by atoms with Crippen LogP contribution in [0.2, 0.25) is 0 Å². The van der Waals surface area contributed by atoms with Crippen LogP contribution in [0.25, 0.3) is 0 Å². The Bertz CT molecular complexity index is 526. The summed E-state index contributed by atoms with van der Waals surface area (Å²) in [6.07, 6.45) is 4.52. The maximum atomic E-state index is 12.4. The van der Waals surface area contributed by atoms with Gasteiger partial charge in [-0.1, -0.05) is 0 Å². The van der Waals surface area contributed by atoms with Gasteiger partial charge in [0.15, 0.2) is 0 Å². The van der Waals surface area contributed by atoms with Crippen LogP contribution in [0.1, 0.15) is 19.8 Å². The molecule has 1 saturated heterocycles. The second-order valence-corrected chi connectivity index (χ2v) is 6.74. The van der Waals surface area contributed by atoms with E-state index in [1.54, 1.807) is 7.05 Å². The SMILES string of the molecule is CCNc1ncc(S(=O)(=O)N(C)CC2CCCO2)cn1. The fourth-order valence-corrected chi connectivity index (χ4v) is 3.15. The topological polar surface area (TPSA) is 84.4 Å². The van der Waals surface area contributed by atoms with Crippen molar-refractivity contribution in [3.63, 3.8) is 0 Å². The molecule has 112 valence electrons. The van der Waals surface area contributed by atoms with Gasteiger partial charge in [-0.2, -0.15) is 4.31 Å². The fraction of sp³-hybridized carbons (Fsp3) is 0.667. The average molecular weight is 300 g/mol. The molecule has 0 aromatic carbocycles. The molecule has 2 heterocycles. The van der Waals surface area contributed by atoms with Gasteiger partial charge in [-0.3, -0.25) is 0 Å². The third kappa shape index (κ3) is 3.44. The lowest BCUT2D eigenvalue weighted by Gasteiger charge is -2.20. The van der Waals surface area contributed by atoms with Crippen LogP contribution in [0.15, 0.2) is 17.3 Å². The van der Waals surface area contributed by atoms with Crippen molar-refractivity contribution in [1.29, 1.82) is 0 Å².